The SMILES string of the molecule is CCOC(=O)[C@@]1(C)C=CO[C@@H]1CO[Si](C)(C)C(C)(C)C. The average Bonchev–Trinajstić information content (AvgIpc) is 2.68. The molecular weight excluding hydrogens is 272 g/mol. The molecule has 0 aliphatic carbocycles. The zero-order valence-corrected chi connectivity index (χ0v) is 14.8. The molecule has 0 fully saturated rings. The van der Waals surface area contributed by atoms with E-state index in [0.717, 1.165) is 0 Å². The van der Waals surface area contributed by atoms with Gasteiger partial charge in [-0.1, -0.05) is 20.8 Å². The van der Waals surface area contributed by atoms with Crippen LogP contribution in [0.15, 0.2) is 12.3 Å². The van der Waals surface area contributed by atoms with Crippen LogP contribution in [-0.2, 0) is 18.7 Å². The van der Waals surface area contributed by atoms with Crippen molar-refractivity contribution in [3.05, 3.63) is 12.3 Å². The molecule has 1 aliphatic rings. The molecule has 0 saturated heterocycles. The van der Waals surface area contributed by atoms with Crippen molar-refractivity contribution in [1.29, 1.82) is 0 Å². The van der Waals surface area contributed by atoms with Crippen LogP contribution >= 0.6 is 0 Å². The third-order valence-electron chi connectivity index (χ3n) is 4.44. The molecule has 20 heavy (non-hydrogen) atoms. The molecule has 0 bridgehead atoms. The normalized spacial score (nSPS) is 26.4. The Balaban J connectivity index is 2.71. The maximum absolute atomic E-state index is 12.1. The first-order valence-corrected chi connectivity index (χ1v) is 10.1. The standard InChI is InChI=1S/C15H28O4Si/c1-8-17-13(16)15(5)9-10-18-12(15)11-19-20(6,7)14(2,3)4/h9-10,12H,8,11H2,1-7H3/t12-,15+/m1/s1. The van der Waals surface area contributed by atoms with Gasteiger partial charge in [-0.05, 0) is 38.1 Å². The highest BCUT2D eigenvalue weighted by Crippen LogP contribution is 2.39. The van der Waals surface area contributed by atoms with Crippen LogP contribution < -0.4 is 0 Å². The lowest BCUT2D eigenvalue weighted by atomic mass is 9.86. The largest absolute Gasteiger partial charge is 0.494 e. The molecule has 0 unspecified atom stereocenters. The number of rotatable bonds is 5. The van der Waals surface area contributed by atoms with E-state index in [0.29, 0.717) is 13.2 Å². The summed E-state index contributed by atoms with van der Waals surface area (Å²) < 4.78 is 16.9. The van der Waals surface area contributed by atoms with Gasteiger partial charge in [0.1, 0.15) is 11.5 Å². The summed E-state index contributed by atoms with van der Waals surface area (Å²) in [5.41, 5.74) is -0.752. The van der Waals surface area contributed by atoms with E-state index in [-0.39, 0.29) is 17.1 Å². The van der Waals surface area contributed by atoms with Gasteiger partial charge in [0, 0.05) is 0 Å². The Morgan fingerprint density at radius 2 is 2.00 bits per heavy atom. The highest BCUT2D eigenvalue weighted by Gasteiger charge is 2.47. The fourth-order valence-electron chi connectivity index (χ4n) is 1.72. The number of ether oxygens (including phenoxy) is 2. The molecule has 0 saturated carbocycles. The van der Waals surface area contributed by atoms with Crippen LogP contribution in [-0.4, -0.2) is 33.6 Å². The first-order chi connectivity index (χ1) is 9.04. The molecule has 0 aromatic rings. The molecule has 116 valence electrons. The molecule has 5 heteroatoms. The van der Waals surface area contributed by atoms with E-state index >= 15 is 0 Å². The smallest absolute Gasteiger partial charge is 0.319 e. The van der Waals surface area contributed by atoms with Gasteiger partial charge >= 0.3 is 5.97 Å². The minimum Gasteiger partial charge on any atom is -0.494 e. The molecule has 4 nitrogen and oxygen atoms in total. The number of carbonyl (C=O) groups excluding carboxylic acids is 1. The van der Waals surface area contributed by atoms with Gasteiger partial charge in [-0.3, -0.25) is 4.79 Å². The van der Waals surface area contributed by atoms with E-state index in [1.807, 2.05) is 13.8 Å². The Labute approximate surface area is 123 Å². The Morgan fingerprint density at radius 1 is 1.40 bits per heavy atom. The molecule has 0 aromatic carbocycles. The van der Waals surface area contributed by atoms with Crippen molar-refractivity contribution in [1.82, 2.24) is 0 Å². The molecule has 0 aromatic heterocycles. The van der Waals surface area contributed by atoms with Gasteiger partial charge in [0.2, 0.25) is 0 Å². The van der Waals surface area contributed by atoms with Crippen molar-refractivity contribution in [2.24, 2.45) is 5.41 Å². The fourth-order valence-corrected chi connectivity index (χ4v) is 2.72. The summed E-state index contributed by atoms with van der Waals surface area (Å²) in [4.78, 5) is 12.1. The Kier molecular flexibility index (Phi) is 5.08. The number of hydrogen-bond acceptors (Lipinski definition) is 4. The summed E-state index contributed by atoms with van der Waals surface area (Å²) in [5, 5.41) is 0.138. The van der Waals surface area contributed by atoms with Gasteiger partial charge in [-0.2, -0.15) is 0 Å². The zero-order chi connectivity index (χ0) is 15.6. The Bertz CT molecular complexity index is 384. The Morgan fingerprint density at radius 3 is 2.50 bits per heavy atom. The number of esters is 1. The van der Waals surface area contributed by atoms with Crippen molar-refractivity contribution in [3.63, 3.8) is 0 Å². The predicted octanol–water partition coefficient (Wildman–Crippen LogP) is 3.49. The van der Waals surface area contributed by atoms with Gasteiger partial charge < -0.3 is 13.9 Å². The van der Waals surface area contributed by atoms with Gasteiger partial charge in [0.15, 0.2) is 8.32 Å². The van der Waals surface area contributed by atoms with Gasteiger partial charge in [-0.15, -0.1) is 0 Å². The Hall–Kier alpha value is -0.813. The molecular formula is C15H28O4Si. The molecule has 2 atom stereocenters. The molecule has 1 aliphatic heterocycles. The van der Waals surface area contributed by atoms with Crippen molar-refractivity contribution in [3.8, 4) is 0 Å². The van der Waals surface area contributed by atoms with Gasteiger partial charge in [0.05, 0.1) is 19.5 Å². The molecule has 0 amide bonds. The van der Waals surface area contributed by atoms with E-state index in [1.165, 1.54) is 0 Å². The van der Waals surface area contributed by atoms with Crippen LogP contribution in [0, 0.1) is 5.41 Å². The van der Waals surface area contributed by atoms with Crippen LogP contribution in [0.1, 0.15) is 34.6 Å². The van der Waals surface area contributed by atoms with E-state index in [1.54, 1.807) is 12.3 Å². The minimum absolute atomic E-state index is 0.138. The van der Waals surface area contributed by atoms with Gasteiger partial charge in [-0.25, -0.2) is 0 Å². The van der Waals surface area contributed by atoms with Crippen LogP contribution in [0.4, 0.5) is 0 Å². The first kappa shape index (κ1) is 17.2. The minimum atomic E-state index is -1.85. The predicted molar refractivity (Wildman–Crippen MR) is 81.9 cm³/mol. The third kappa shape index (κ3) is 3.44. The van der Waals surface area contributed by atoms with Crippen LogP contribution in [0.25, 0.3) is 0 Å². The summed E-state index contributed by atoms with van der Waals surface area (Å²) in [7, 11) is -1.85. The van der Waals surface area contributed by atoms with Crippen molar-refractivity contribution in [2.45, 2.75) is 58.9 Å². The maximum atomic E-state index is 12.1. The average molecular weight is 300 g/mol. The molecule has 0 N–H and O–H groups in total. The third-order valence-corrected chi connectivity index (χ3v) is 8.94. The summed E-state index contributed by atoms with van der Waals surface area (Å²) in [6, 6.07) is 0. The molecule has 0 radical (unpaired) electrons. The van der Waals surface area contributed by atoms with E-state index in [9.17, 15) is 4.79 Å². The number of carbonyl (C=O) groups is 1. The molecule has 0 spiro atoms. The zero-order valence-electron chi connectivity index (χ0n) is 13.8. The van der Waals surface area contributed by atoms with Crippen LogP contribution in [0.2, 0.25) is 18.1 Å². The highest BCUT2D eigenvalue weighted by atomic mass is 28.4. The van der Waals surface area contributed by atoms with Crippen molar-refractivity contribution >= 4 is 14.3 Å². The second-order valence-electron chi connectivity index (χ2n) is 7.00. The van der Waals surface area contributed by atoms with Crippen LogP contribution in [0.3, 0.4) is 0 Å². The summed E-state index contributed by atoms with van der Waals surface area (Å²) in [6.07, 6.45) is 3.04. The summed E-state index contributed by atoms with van der Waals surface area (Å²) in [5.74, 6) is -0.252. The highest BCUT2D eigenvalue weighted by molar-refractivity contribution is 6.74. The summed E-state index contributed by atoms with van der Waals surface area (Å²) in [6.45, 7) is 15.4. The van der Waals surface area contributed by atoms with Crippen LogP contribution in [0.5, 0.6) is 0 Å². The number of hydrogen-bond donors (Lipinski definition) is 0. The lowest BCUT2D eigenvalue weighted by molar-refractivity contribution is -0.156. The van der Waals surface area contributed by atoms with Crippen molar-refractivity contribution in [2.75, 3.05) is 13.2 Å². The fraction of sp³-hybridized carbons (Fsp3) is 0.800. The summed E-state index contributed by atoms with van der Waals surface area (Å²) >= 11 is 0. The second kappa shape index (κ2) is 5.90. The van der Waals surface area contributed by atoms with E-state index < -0.39 is 13.7 Å². The van der Waals surface area contributed by atoms with E-state index in [4.69, 9.17) is 13.9 Å². The molecule has 1 rings (SSSR count). The lowest BCUT2D eigenvalue weighted by Gasteiger charge is -2.38. The topological polar surface area (TPSA) is 44.8 Å². The van der Waals surface area contributed by atoms with Gasteiger partial charge in [0.25, 0.3) is 0 Å². The second-order valence-corrected chi connectivity index (χ2v) is 11.8. The first-order valence-electron chi connectivity index (χ1n) is 7.19. The molecule has 1 heterocycles. The quantitative estimate of drug-likeness (QED) is 0.576. The maximum Gasteiger partial charge on any atom is 0.319 e. The monoisotopic (exact) mass is 300 g/mol. The van der Waals surface area contributed by atoms with E-state index in [2.05, 4.69) is 33.9 Å². The van der Waals surface area contributed by atoms with Crippen molar-refractivity contribution < 1.29 is 18.7 Å². The lowest BCUT2D eigenvalue weighted by Crippen LogP contribution is -2.46.